The number of aryl methyl sites for hydroxylation is 1. The number of pyridine rings is 1. The molecule has 1 N–H and O–H groups in total. The van der Waals surface area contributed by atoms with Crippen molar-refractivity contribution in [3.8, 4) is 16.9 Å². The Balaban J connectivity index is 1.64. The summed E-state index contributed by atoms with van der Waals surface area (Å²) in [7, 11) is 0. The summed E-state index contributed by atoms with van der Waals surface area (Å²) in [6.07, 6.45) is 3.38. The van der Waals surface area contributed by atoms with Crippen LogP contribution in [0.4, 0.5) is 4.39 Å². The largest absolute Gasteiger partial charge is 0.347 e. The number of hydrogen-bond donors (Lipinski definition) is 1. The number of carbonyl (C=O) groups is 1. The Kier molecular flexibility index (Phi) is 5.16. The lowest BCUT2D eigenvalue weighted by atomic mass is 10.1. The van der Waals surface area contributed by atoms with Gasteiger partial charge in [-0.15, -0.1) is 0 Å². The van der Waals surface area contributed by atoms with Crippen molar-refractivity contribution in [1.29, 1.82) is 0 Å². The van der Waals surface area contributed by atoms with E-state index >= 15 is 0 Å². The van der Waals surface area contributed by atoms with E-state index in [9.17, 15) is 9.18 Å². The molecule has 0 radical (unpaired) electrons. The van der Waals surface area contributed by atoms with Crippen molar-refractivity contribution in [3.05, 3.63) is 102 Å². The smallest absolute Gasteiger partial charge is 0.272 e. The van der Waals surface area contributed by atoms with Gasteiger partial charge in [0.25, 0.3) is 5.91 Å². The van der Waals surface area contributed by atoms with Crippen LogP contribution in [-0.2, 0) is 6.54 Å². The van der Waals surface area contributed by atoms with Crippen molar-refractivity contribution >= 4 is 5.91 Å². The number of amides is 1. The van der Waals surface area contributed by atoms with Crippen molar-refractivity contribution in [3.63, 3.8) is 0 Å². The summed E-state index contributed by atoms with van der Waals surface area (Å²) < 4.78 is 15.0. The lowest BCUT2D eigenvalue weighted by Gasteiger charge is -2.07. The third-order valence-electron chi connectivity index (χ3n) is 4.54. The highest BCUT2D eigenvalue weighted by molar-refractivity contribution is 5.93. The molecule has 144 valence electrons. The van der Waals surface area contributed by atoms with E-state index in [4.69, 9.17) is 0 Å². The minimum Gasteiger partial charge on any atom is -0.347 e. The molecular weight excluding hydrogens is 367 g/mol. The average molecular weight is 386 g/mol. The zero-order valence-corrected chi connectivity index (χ0v) is 15.8. The number of halogens is 1. The summed E-state index contributed by atoms with van der Waals surface area (Å²) in [5, 5.41) is 7.36. The molecule has 2 aromatic heterocycles. The summed E-state index contributed by atoms with van der Waals surface area (Å²) in [6, 6.07) is 19.4. The second kappa shape index (κ2) is 8.06. The highest BCUT2D eigenvalue weighted by Gasteiger charge is 2.17. The zero-order valence-electron chi connectivity index (χ0n) is 15.8. The van der Waals surface area contributed by atoms with Gasteiger partial charge in [0, 0.05) is 24.5 Å². The van der Waals surface area contributed by atoms with Crippen molar-refractivity contribution in [1.82, 2.24) is 20.1 Å². The van der Waals surface area contributed by atoms with Gasteiger partial charge in [0.2, 0.25) is 0 Å². The predicted molar refractivity (Wildman–Crippen MR) is 109 cm³/mol. The number of nitrogens with one attached hydrogen (secondary N) is 1. The van der Waals surface area contributed by atoms with Crippen LogP contribution < -0.4 is 5.32 Å². The Bertz CT molecular complexity index is 1120. The Morgan fingerprint density at radius 2 is 1.83 bits per heavy atom. The van der Waals surface area contributed by atoms with Crippen molar-refractivity contribution in [2.45, 2.75) is 13.5 Å². The monoisotopic (exact) mass is 386 g/mol. The fourth-order valence-electron chi connectivity index (χ4n) is 2.97. The molecule has 2 aromatic carbocycles. The second-order valence-corrected chi connectivity index (χ2v) is 6.71. The minimum absolute atomic E-state index is 0.278. The molecule has 6 heteroatoms. The Morgan fingerprint density at radius 3 is 2.52 bits per heavy atom. The molecule has 4 aromatic rings. The van der Waals surface area contributed by atoms with Crippen molar-refractivity contribution in [2.75, 3.05) is 0 Å². The second-order valence-electron chi connectivity index (χ2n) is 6.71. The first kappa shape index (κ1) is 18.6. The van der Waals surface area contributed by atoms with Crippen LogP contribution in [0.5, 0.6) is 0 Å². The maximum atomic E-state index is 13.3. The number of nitrogens with zero attached hydrogens (tertiary/aromatic N) is 3. The van der Waals surface area contributed by atoms with Gasteiger partial charge in [0.05, 0.1) is 11.4 Å². The SMILES string of the molecule is Cc1ccc(CNC(=O)c2cc(-c3cccnc3)n(-c3ccc(F)cc3)n2)cc1. The fourth-order valence-corrected chi connectivity index (χ4v) is 2.97. The maximum absolute atomic E-state index is 13.3. The summed E-state index contributed by atoms with van der Waals surface area (Å²) in [5.74, 6) is -0.614. The van der Waals surface area contributed by atoms with Gasteiger partial charge < -0.3 is 5.32 Å². The van der Waals surface area contributed by atoms with Crippen LogP contribution in [0, 0.1) is 12.7 Å². The van der Waals surface area contributed by atoms with Crippen LogP contribution in [0.15, 0.2) is 79.1 Å². The number of benzene rings is 2. The van der Waals surface area contributed by atoms with Gasteiger partial charge in [-0.2, -0.15) is 5.10 Å². The molecule has 4 rings (SSSR count). The molecule has 0 aliphatic rings. The van der Waals surface area contributed by atoms with Gasteiger partial charge >= 0.3 is 0 Å². The molecule has 0 fully saturated rings. The molecule has 0 unspecified atom stereocenters. The third kappa shape index (κ3) is 4.21. The minimum atomic E-state index is -0.333. The molecule has 0 saturated carbocycles. The lowest BCUT2D eigenvalue weighted by Crippen LogP contribution is -2.23. The van der Waals surface area contributed by atoms with Gasteiger partial charge in [-0.05, 0) is 55.0 Å². The molecule has 0 aliphatic carbocycles. The molecule has 5 nitrogen and oxygen atoms in total. The Labute approximate surface area is 167 Å². The highest BCUT2D eigenvalue weighted by Crippen LogP contribution is 2.23. The van der Waals surface area contributed by atoms with Gasteiger partial charge in [-0.1, -0.05) is 29.8 Å². The standard InChI is InChI=1S/C23H19FN4O/c1-16-4-6-17(7-5-16)14-26-23(29)21-13-22(18-3-2-12-25-15-18)28(27-21)20-10-8-19(24)9-11-20/h2-13,15H,14H2,1H3,(H,26,29). The van der Waals surface area contributed by atoms with E-state index < -0.39 is 0 Å². The molecule has 0 spiro atoms. The number of aromatic nitrogens is 3. The zero-order chi connectivity index (χ0) is 20.2. The topological polar surface area (TPSA) is 59.8 Å². The Morgan fingerprint density at radius 1 is 1.07 bits per heavy atom. The van der Waals surface area contributed by atoms with Crippen LogP contribution in [0.25, 0.3) is 16.9 Å². The van der Waals surface area contributed by atoms with E-state index in [1.165, 1.54) is 17.7 Å². The van der Waals surface area contributed by atoms with Gasteiger partial charge in [-0.25, -0.2) is 9.07 Å². The first-order valence-electron chi connectivity index (χ1n) is 9.20. The molecule has 29 heavy (non-hydrogen) atoms. The quantitative estimate of drug-likeness (QED) is 0.556. The van der Waals surface area contributed by atoms with Crippen molar-refractivity contribution in [2.24, 2.45) is 0 Å². The average Bonchev–Trinajstić information content (AvgIpc) is 3.20. The van der Waals surface area contributed by atoms with Crippen LogP contribution in [0.1, 0.15) is 21.6 Å². The van der Waals surface area contributed by atoms with E-state index in [0.717, 1.165) is 11.1 Å². The van der Waals surface area contributed by atoms with Crippen molar-refractivity contribution < 1.29 is 9.18 Å². The van der Waals surface area contributed by atoms with Crippen LogP contribution in [-0.4, -0.2) is 20.7 Å². The molecule has 0 atom stereocenters. The molecule has 0 saturated heterocycles. The fraction of sp³-hybridized carbons (Fsp3) is 0.0870. The van der Waals surface area contributed by atoms with E-state index in [2.05, 4.69) is 15.4 Å². The Hall–Kier alpha value is -3.80. The highest BCUT2D eigenvalue weighted by atomic mass is 19.1. The van der Waals surface area contributed by atoms with E-state index in [-0.39, 0.29) is 17.4 Å². The lowest BCUT2D eigenvalue weighted by molar-refractivity contribution is 0.0945. The normalized spacial score (nSPS) is 10.7. The summed E-state index contributed by atoms with van der Waals surface area (Å²) in [4.78, 5) is 16.9. The first-order chi connectivity index (χ1) is 14.1. The van der Waals surface area contributed by atoms with Gasteiger partial charge in [0.1, 0.15) is 5.82 Å². The number of hydrogen-bond acceptors (Lipinski definition) is 3. The van der Waals surface area contributed by atoms with Gasteiger partial charge in [0.15, 0.2) is 5.69 Å². The number of rotatable bonds is 5. The van der Waals surface area contributed by atoms with E-state index in [0.29, 0.717) is 17.9 Å². The summed E-state index contributed by atoms with van der Waals surface area (Å²) >= 11 is 0. The number of carbonyl (C=O) groups excluding carboxylic acids is 1. The van der Waals surface area contributed by atoms with E-state index in [1.807, 2.05) is 43.3 Å². The van der Waals surface area contributed by atoms with Crippen LogP contribution in [0.2, 0.25) is 0 Å². The van der Waals surface area contributed by atoms with Gasteiger partial charge in [-0.3, -0.25) is 9.78 Å². The first-order valence-corrected chi connectivity index (χ1v) is 9.20. The maximum Gasteiger partial charge on any atom is 0.272 e. The van der Waals surface area contributed by atoms with Crippen LogP contribution in [0.3, 0.4) is 0 Å². The summed E-state index contributed by atoms with van der Waals surface area (Å²) in [6.45, 7) is 2.43. The molecule has 1 amide bonds. The third-order valence-corrected chi connectivity index (χ3v) is 4.54. The van der Waals surface area contributed by atoms with E-state index in [1.54, 1.807) is 35.3 Å². The molecule has 2 heterocycles. The van der Waals surface area contributed by atoms with Crippen LogP contribution >= 0.6 is 0 Å². The molecule has 0 bridgehead atoms. The predicted octanol–water partition coefficient (Wildman–Crippen LogP) is 4.31. The molecule has 0 aliphatic heterocycles. The summed E-state index contributed by atoms with van der Waals surface area (Å²) in [5.41, 5.74) is 4.61. The molecular formula is C23H19FN4O.